The normalized spacial score (nSPS) is 10.4. The van der Waals surface area contributed by atoms with E-state index in [0.717, 1.165) is 10.5 Å². The molecule has 0 aliphatic heterocycles. The van der Waals surface area contributed by atoms with Crippen molar-refractivity contribution in [3.05, 3.63) is 53.8 Å². The van der Waals surface area contributed by atoms with Crippen molar-refractivity contribution in [1.29, 1.82) is 0 Å². The number of hydrogen-bond acceptors (Lipinski definition) is 4. The summed E-state index contributed by atoms with van der Waals surface area (Å²) in [6.07, 6.45) is 0. The van der Waals surface area contributed by atoms with E-state index >= 15 is 0 Å². The predicted octanol–water partition coefficient (Wildman–Crippen LogP) is 3.98. The maximum atomic E-state index is 12.9. The maximum absolute atomic E-state index is 12.9. The van der Waals surface area contributed by atoms with Crippen LogP contribution in [0.1, 0.15) is 12.5 Å². The lowest BCUT2D eigenvalue weighted by atomic mass is 10.2. The van der Waals surface area contributed by atoms with Crippen LogP contribution in [0.2, 0.25) is 0 Å². The second kappa shape index (κ2) is 9.32. The molecule has 0 atom stereocenters. The van der Waals surface area contributed by atoms with Gasteiger partial charge in [0.05, 0.1) is 20.0 Å². The average molecular weight is 363 g/mol. The molecule has 6 heteroatoms. The molecule has 25 heavy (non-hydrogen) atoms. The summed E-state index contributed by atoms with van der Waals surface area (Å²) in [5, 5.41) is 0. The Hall–Kier alpha value is -2.21. The lowest BCUT2D eigenvalue weighted by Gasteiger charge is -2.21. The van der Waals surface area contributed by atoms with Crippen molar-refractivity contribution in [2.75, 3.05) is 26.5 Å². The highest BCUT2D eigenvalue weighted by atomic mass is 32.2. The van der Waals surface area contributed by atoms with Crippen LogP contribution in [0.5, 0.6) is 11.5 Å². The number of rotatable bonds is 8. The Kier molecular flexibility index (Phi) is 7.13. The summed E-state index contributed by atoms with van der Waals surface area (Å²) in [6.45, 7) is 3.05. The van der Waals surface area contributed by atoms with Crippen LogP contribution in [-0.4, -0.2) is 37.3 Å². The van der Waals surface area contributed by atoms with Crippen LogP contribution in [0, 0.1) is 5.82 Å². The summed E-state index contributed by atoms with van der Waals surface area (Å²) >= 11 is 1.40. The first-order valence-electron chi connectivity index (χ1n) is 7.94. The minimum absolute atomic E-state index is 0.0339. The number of hydrogen-bond donors (Lipinski definition) is 0. The third kappa shape index (κ3) is 5.39. The molecule has 0 bridgehead atoms. The molecule has 0 fully saturated rings. The predicted molar refractivity (Wildman–Crippen MR) is 97.8 cm³/mol. The van der Waals surface area contributed by atoms with Gasteiger partial charge < -0.3 is 14.4 Å². The molecule has 0 radical (unpaired) electrons. The van der Waals surface area contributed by atoms with Crippen LogP contribution in [0.4, 0.5) is 4.39 Å². The molecule has 0 aromatic heterocycles. The lowest BCUT2D eigenvalue weighted by molar-refractivity contribution is -0.128. The second-order valence-electron chi connectivity index (χ2n) is 5.34. The van der Waals surface area contributed by atoms with Crippen molar-refractivity contribution in [2.45, 2.75) is 18.4 Å². The van der Waals surface area contributed by atoms with Crippen LogP contribution in [-0.2, 0) is 11.3 Å². The zero-order valence-electron chi connectivity index (χ0n) is 14.6. The van der Waals surface area contributed by atoms with Gasteiger partial charge in [0.15, 0.2) is 11.5 Å². The fourth-order valence-electron chi connectivity index (χ4n) is 2.34. The standard InChI is InChI=1S/C19H22FNO3S/c1-4-21(12-14-5-10-17(23-2)18(11-14)24-3)19(22)13-25-16-8-6-15(20)7-9-16/h5-11H,4,12-13H2,1-3H3. The van der Waals surface area contributed by atoms with E-state index in [1.54, 1.807) is 31.3 Å². The molecule has 2 rings (SSSR count). The lowest BCUT2D eigenvalue weighted by Crippen LogP contribution is -2.31. The van der Waals surface area contributed by atoms with Gasteiger partial charge in [-0.3, -0.25) is 4.79 Å². The number of carbonyl (C=O) groups excluding carboxylic acids is 1. The Morgan fingerprint density at radius 1 is 1.08 bits per heavy atom. The quantitative estimate of drug-likeness (QED) is 0.665. The molecule has 0 N–H and O–H groups in total. The van der Waals surface area contributed by atoms with Crippen molar-refractivity contribution >= 4 is 17.7 Å². The molecule has 0 saturated heterocycles. The highest BCUT2D eigenvalue weighted by Crippen LogP contribution is 2.28. The second-order valence-corrected chi connectivity index (χ2v) is 6.39. The SMILES string of the molecule is CCN(Cc1ccc(OC)c(OC)c1)C(=O)CSc1ccc(F)cc1. The molecule has 0 aliphatic rings. The van der Waals surface area contributed by atoms with Crippen molar-refractivity contribution in [1.82, 2.24) is 4.90 Å². The van der Waals surface area contributed by atoms with E-state index in [4.69, 9.17) is 9.47 Å². The van der Waals surface area contributed by atoms with E-state index in [1.807, 2.05) is 25.1 Å². The molecule has 0 saturated carbocycles. The van der Waals surface area contributed by atoms with Gasteiger partial charge in [-0.15, -0.1) is 11.8 Å². The number of ether oxygens (including phenoxy) is 2. The Morgan fingerprint density at radius 2 is 1.76 bits per heavy atom. The Labute approximate surface area is 151 Å². The summed E-state index contributed by atoms with van der Waals surface area (Å²) in [5.74, 6) is 1.37. The number of thioether (sulfide) groups is 1. The summed E-state index contributed by atoms with van der Waals surface area (Å²) in [5.41, 5.74) is 0.972. The van der Waals surface area contributed by atoms with E-state index in [0.29, 0.717) is 30.3 Å². The number of methoxy groups -OCH3 is 2. The van der Waals surface area contributed by atoms with Crippen LogP contribution in [0.15, 0.2) is 47.4 Å². The van der Waals surface area contributed by atoms with Crippen LogP contribution < -0.4 is 9.47 Å². The van der Waals surface area contributed by atoms with Crippen molar-refractivity contribution in [3.63, 3.8) is 0 Å². The summed E-state index contributed by atoms with van der Waals surface area (Å²) in [7, 11) is 3.18. The number of nitrogens with zero attached hydrogens (tertiary/aromatic N) is 1. The highest BCUT2D eigenvalue weighted by Gasteiger charge is 2.14. The Morgan fingerprint density at radius 3 is 2.36 bits per heavy atom. The van der Waals surface area contributed by atoms with E-state index in [9.17, 15) is 9.18 Å². The van der Waals surface area contributed by atoms with E-state index in [-0.39, 0.29) is 11.7 Å². The van der Waals surface area contributed by atoms with Gasteiger partial charge in [-0.25, -0.2) is 4.39 Å². The number of halogens is 1. The fraction of sp³-hybridized carbons (Fsp3) is 0.316. The molecule has 2 aromatic rings. The molecule has 0 aliphatic carbocycles. The minimum atomic E-state index is -0.278. The van der Waals surface area contributed by atoms with Crippen LogP contribution in [0.3, 0.4) is 0 Å². The molecular weight excluding hydrogens is 341 g/mol. The van der Waals surface area contributed by atoms with Crippen LogP contribution >= 0.6 is 11.8 Å². The fourth-order valence-corrected chi connectivity index (χ4v) is 3.14. The van der Waals surface area contributed by atoms with Crippen molar-refractivity contribution in [2.24, 2.45) is 0 Å². The van der Waals surface area contributed by atoms with Gasteiger partial charge >= 0.3 is 0 Å². The Balaban J connectivity index is 1.98. The van der Waals surface area contributed by atoms with Gasteiger partial charge in [0.2, 0.25) is 5.91 Å². The topological polar surface area (TPSA) is 38.8 Å². The van der Waals surface area contributed by atoms with E-state index < -0.39 is 0 Å². The monoisotopic (exact) mass is 363 g/mol. The largest absolute Gasteiger partial charge is 0.493 e. The zero-order chi connectivity index (χ0) is 18.2. The van der Waals surface area contributed by atoms with Gasteiger partial charge in [-0.2, -0.15) is 0 Å². The smallest absolute Gasteiger partial charge is 0.233 e. The van der Waals surface area contributed by atoms with E-state index in [2.05, 4.69) is 0 Å². The zero-order valence-corrected chi connectivity index (χ0v) is 15.4. The molecule has 0 unspecified atom stereocenters. The Bertz CT molecular complexity index is 706. The molecule has 0 heterocycles. The van der Waals surface area contributed by atoms with Gasteiger partial charge in [-0.05, 0) is 48.9 Å². The third-order valence-electron chi connectivity index (χ3n) is 3.73. The third-order valence-corrected chi connectivity index (χ3v) is 4.73. The first-order valence-corrected chi connectivity index (χ1v) is 8.93. The molecule has 0 spiro atoms. The number of benzene rings is 2. The van der Waals surface area contributed by atoms with Crippen molar-refractivity contribution < 1.29 is 18.7 Å². The van der Waals surface area contributed by atoms with E-state index in [1.165, 1.54) is 23.9 Å². The first-order chi connectivity index (χ1) is 12.1. The first kappa shape index (κ1) is 19.1. The van der Waals surface area contributed by atoms with Gasteiger partial charge in [0.25, 0.3) is 0 Å². The number of amides is 1. The summed E-state index contributed by atoms with van der Waals surface area (Å²) in [4.78, 5) is 15.1. The van der Waals surface area contributed by atoms with Crippen LogP contribution in [0.25, 0.3) is 0 Å². The molecule has 1 amide bonds. The highest BCUT2D eigenvalue weighted by molar-refractivity contribution is 8.00. The summed E-state index contributed by atoms with van der Waals surface area (Å²) < 4.78 is 23.5. The number of carbonyl (C=O) groups is 1. The molecule has 134 valence electrons. The van der Waals surface area contributed by atoms with Crippen molar-refractivity contribution in [3.8, 4) is 11.5 Å². The average Bonchev–Trinajstić information content (AvgIpc) is 2.65. The van der Waals surface area contributed by atoms with Gasteiger partial charge in [-0.1, -0.05) is 6.07 Å². The van der Waals surface area contributed by atoms with Gasteiger partial charge in [0, 0.05) is 18.0 Å². The molecule has 2 aromatic carbocycles. The molecular formula is C19H22FNO3S. The maximum Gasteiger partial charge on any atom is 0.233 e. The minimum Gasteiger partial charge on any atom is -0.493 e. The summed E-state index contributed by atoms with van der Waals surface area (Å²) in [6, 6.07) is 11.8. The molecule has 4 nitrogen and oxygen atoms in total. The van der Waals surface area contributed by atoms with Gasteiger partial charge in [0.1, 0.15) is 5.82 Å².